The zero-order valence-corrected chi connectivity index (χ0v) is 23.3. The molecule has 3 aromatic carbocycles. The van der Waals surface area contributed by atoms with E-state index in [0.717, 1.165) is 46.3 Å². The summed E-state index contributed by atoms with van der Waals surface area (Å²) < 4.78 is 16.8. The molecule has 0 bridgehead atoms. The standard InChI is InChI=1S/C30H33N3O4.Co/c1-6-33-26-14-12-24(36-4)19-25(26)30(2,20-22-18-23(35-3)13-15-27(22)37-5)28(33)16-17-31-32-29(34)21-10-8-7-9-11-21;/h7-19H,6,20H2,1-5H3,(H,32,34);/b28-16-,31-17+;. The molecule has 8 heteroatoms. The number of ether oxygens (including phenoxy) is 3. The fourth-order valence-electron chi connectivity index (χ4n) is 4.92. The summed E-state index contributed by atoms with van der Waals surface area (Å²) in [4.78, 5) is 2.27. The smallest absolute Gasteiger partial charge is 0.238 e. The van der Waals surface area contributed by atoms with Crippen molar-refractivity contribution in [3.63, 3.8) is 0 Å². The second kappa shape index (κ2) is 12.7. The van der Waals surface area contributed by atoms with E-state index >= 15 is 0 Å². The maximum Gasteiger partial charge on any atom is 0.238 e. The molecule has 0 spiro atoms. The van der Waals surface area contributed by atoms with Crippen LogP contribution in [-0.2, 0) is 28.6 Å². The van der Waals surface area contributed by atoms with Crippen molar-refractivity contribution in [2.45, 2.75) is 25.7 Å². The predicted molar refractivity (Wildman–Crippen MR) is 149 cm³/mol. The van der Waals surface area contributed by atoms with Crippen LogP contribution in [0.3, 0.4) is 0 Å². The first-order chi connectivity index (χ1) is 17.9. The minimum atomic E-state index is -0.434. The summed E-state index contributed by atoms with van der Waals surface area (Å²) in [5, 5.41) is 18.4. The molecule has 0 saturated heterocycles. The molecule has 201 valence electrons. The summed E-state index contributed by atoms with van der Waals surface area (Å²) in [6.07, 6.45) is 4.24. The summed E-state index contributed by atoms with van der Waals surface area (Å²) in [6, 6.07) is 21.2. The molecule has 1 N–H and O–H groups in total. The number of anilines is 1. The van der Waals surface area contributed by atoms with Crippen LogP contribution in [0.5, 0.6) is 17.2 Å². The molecule has 1 aliphatic heterocycles. The van der Waals surface area contributed by atoms with Crippen LogP contribution in [-0.4, -0.2) is 45.1 Å². The molecule has 1 aliphatic rings. The van der Waals surface area contributed by atoms with Crippen molar-refractivity contribution in [3.8, 4) is 17.2 Å². The number of hydrogen-bond donors (Lipinski definition) is 1. The van der Waals surface area contributed by atoms with E-state index in [2.05, 4.69) is 41.1 Å². The first-order valence-corrected chi connectivity index (χ1v) is 12.2. The number of aliphatic hydroxyl groups is 1. The number of benzene rings is 3. The van der Waals surface area contributed by atoms with Crippen molar-refractivity contribution in [2.75, 3.05) is 32.8 Å². The zero-order chi connectivity index (χ0) is 26.4. The Bertz CT molecular complexity index is 1340. The number of aliphatic hydroxyl groups excluding tert-OH is 1. The Hall–Kier alpha value is -3.75. The van der Waals surface area contributed by atoms with E-state index in [1.54, 1.807) is 39.7 Å². The normalized spacial score (nSPS) is 17.9. The van der Waals surface area contributed by atoms with Gasteiger partial charge >= 0.3 is 0 Å². The van der Waals surface area contributed by atoms with Gasteiger partial charge in [-0.15, -0.1) is 5.10 Å². The SMILES string of the molecule is CCN1\C(=C/C=N/N=C(\O)c2ccccc2)C(C)(Cc2cc(OC)ccc2OC)c2cc(OC)ccc21.[Co]. The van der Waals surface area contributed by atoms with Crippen LogP contribution < -0.4 is 19.1 Å². The third-order valence-electron chi connectivity index (χ3n) is 6.78. The van der Waals surface area contributed by atoms with Crippen LogP contribution in [0.4, 0.5) is 5.69 Å². The fourth-order valence-corrected chi connectivity index (χ4v) is 4.92. The summed E-state index contributed by atoms with van der Waals surface area (Å²) >= 11 is 0. The predicted octanol–water partition coefficient (Wildman–Crippen LogP) is 5.92. The van der Waals surface area contributed by atoms with Gasteiger partial charge in [0.15, 0.2) is 0 Å². The van der Waals surface area contributed by atoms with Gasteiger partial charge in [-0.05, 0) is 86.0 Å². The van der Waals surface area contributed by atoms with E-state index in [1.807, 2.05) is 48.5 Å². The van der Waals surface area contributed by atoms with Crippen molar-refractivity contribution in [2.24, 2.45) is 10.2 Å². The first-order valence-electron chi connectivity index (χ1n) is 12.2. The van der Waals surface area contributed by atoms with E-state index in [4.69, 9.17) is 14.2 Å². The Balaban J connectivity index is 0.00000400. The number of hydrogen-bond acceptors (Lipinski definition) is 6. The molecule has 1 unspecified atom stereocenters. The van der Waals surface area contributed by atoms with Crippen molar-refractivity contribution in [3.05, 3.63) is 95.2 Å². The average Bonchev–Trinajstić information content (AvgIpc) is 3.17. The van der Waals surface area contributed by atoms with Crippen LogP contribution in [0.25, 0.3) is 0 Å². The van der Waals surface area contributed by atoms with Gasteiger partial charge in [-0.2, -0.15) is 5.10 Å². The first kappa shape index (κ1) is 28.8. The van der Waals surface area contributed by atoms with E-state index < -0.39 is 5.41 Å². The minimum absolute atomic E-state index is 0. The molecule has 1 atom stereocenters. The molecule has 3 aromatic rings. The Morgan fingerprint density at radius 3 is 2.29 bits per heavy atom. The second-order valence-electron chi connectivity index (χ2n) is 8.92. The number of allylic oxidation sites excluding steroid dienone is 2. The van der Waals surface area contributed by atoms with Gasteiger partial charge in [0.05, 0.1) is 27.5 Å². The number of fused-ring (bicyclic) bond motifs is 1. The minimum Gasteiger partial charge on any atom is -0.497 e. The Morgan fingerprint density at radius 1 is 0.947 bits per heavy atom. The van der Waals surface area contributed by atoms with Gasteiger partial charge in [-0.1, -0.05) is 18.2 Å². The number of nitrogens with zero attached hydrogens (tertiary/aromatic N) is 3. The van der Waals surface area contributed by atoms with Crippen LogP contribution >= 0.6 is 0 Å². The fraction of sp³-hybridized carbons (Fsp3) is 0.267. The second-order valence-corrected chi connectivity index (χ2v) is 8.92. The van der Waals surface area contributed by atoms with Gasteiger partial charge in [-0.25, -0.2) is 0 Å². The topological polar surface area (TPSA) is 75.9 Å². The molecule has 4 rings (SSSR count). The van der Waals surface area contributed by atoms with Crippen LogP contribution in [0, 0.1) is 0 Å². The Morgan fingerprint density at radius 2 is 1.63 bits per heavy atom. The van der Waals surface area contributed by atoms with Crippen molar-refractivity contribution in [1.29, 1.82) is 0 Å². The van der Waals surface area contributed by atoms with Gasteiger partial charge in [0.1, 0.15) is 17.2 Å². The van der Waals surface area contributed by atoms with Gasteiger partial charge in [0.25, 0.3) is 0 Å². The van der Waals surface area contributed by atoms with Crippen LogP contribution in [0.15, 0.2) is 88.7 Å². The monoisotopic (exact) mass is 558 g/mol. The summed E-state index contributed by atoms with van der Waals surface area (Å²) in [7, 11) is 5.02. The molecule has 1 radical (unpaired) electrons. The largest absolute Gasteiger partial charge is 0.497 e. The molecule has 1 heterocycles. The summed E-state index contributed by atoms with van der Waals surface area (Å²) in [5.74, 6) is 2.23. The molecule has 0 amide bonds. The van der Waals surface area contributed by atoms with Gasteiger partial charge in [0.2, 0.25) is 5.90 Å². The van der Waals surface area contributed by atoms with E-state index in [1.165, 1.54) is 0 Å². The molecule has 7 nitrogen and oxygen atoms in total. The van der Waals surface area contributed by atoms with E-state index in [-0.39, 0.29) is 22.7 Å². The van der Waals surface area contributed by atoms with Crippen molar-refractivity contribution in [1.82, 2.24) is 0 Å². The molecule has 0 aromatic heterocycles. The Labute approximate surface area is 234 Å². The average molecular weight is 559 g/mol. The zero-order valence-electron chi connectivity index (χ0n) is 22.3. The number of rotatable bonds is 9. The number of methoxy groups -OCH3 is 3. The van der Waals surface area contributed by atoms with Crippen molar-refractivity contribution >= 4 is 17.8 Å². The summed E-state index contributed by atoms with van der Waals surface area (Å²) in [6.45, 7) is 5.10. The van der Waals surface area contributed by atoms with Gasteiger partial charge in [0, 0.05) is 45.7 Å². The third kappa shape index (κ3) is 5.71. The van der Waals surface area contributed by atoms with Gasteiger partial charge < -0.3 is 24.2 Å². The maximum absolute atomic E-state index is 10.3. The molecule has 0 aliphatic carbocycles. The molecule has 0 fully saturated rings. The van der Waals surface area contributed by atoms with Crippen molar-refractivity contribution < 1.29 is 36.1 Å². The molecular formula is C30H33CoN3O4. The quantitative estimate of drug-likeness (QED) is 0.200. The molecule has 38 heavy (non-hydrogen) atoms. The third-order valence-corrected chi connectivity index (χ3v) is 6.78. The van der Waals surface area contributed by atoms with Gasteiger partial charge in [-0.3, -0.25) is 0 Å². The van der Waals surface area contributed by atoms with Crippen LogP contribution in [0.1, 0.15) is 30.5 Å². The van der Waals surface area contributed by atoms with Crippen LogP contribution in [0.2, 0.25) is 0 Å². The van der Waals surface area contributed by atoms with E-state index in [9.17, 15) is 5.11 Å². The Kier molecular flexibility index (Phi) is 9.60. The summed E-state index contributed by atoms with van der Waals surface area (Å²) in [5.41, 5.74) is 4.52. The maximum atomic E-state index is 10.3. The molecule has 0 saturated carbocycles. The van der Waals surface area contributed by atoms with E-state index in [0.29, 0.717) is 12.0 Å². The number of likely N-dealkylation sites (N-methyl/N-ethyl adjacent to an activating group) is 1. The molecular weight excluding hydrogens is 525 g/mol.